The Balaban J connectivity index is 1.91. The van der Waals surface area contributed by atoms with Crippen LogP contribution >= 0.6 is 11.8 Å². The van der Waals surface area contributed by atoms with Gasteiger partial charge in [0.25, 0.3) is 5.91 Å². The molecule has 1 aliphatic rings. The van der Waals surface area contributed by atoms with Crippen LogP contribution in [-0.4, -0.2) is 35.4 Å². The number of ether oxygens (including phenoxy) is 1. The minimum Gasteiger partial charge on any atom is -0.497 e. The summed E-state index contributed by atoms with van der Waals surface area (Å²) in [5, 5.41) is 0.783. The Morgan fingerprint density at radius 1 is 1.15 bits per heavy atom. The van der Waals surface area contributed by atoms with Crippen molar-refractivity contribution in [2.45, 2.75) is 26.2 Å². The van der Waals surface area contributed by atoms with Crippen LogP contribution in [0.4, 0.5) is 5.69 Å². The normalized spacial score (nSPS) is 16.2. The maximum Gasteiger partial charge on any atom is 0.259 e. The Hall–Kier alpha value is -2.27. The molecule has 0 spiro atoms. The molecule has 0 saturated carbocycles. The van der Waals surface area contributed by atoms with Gasteiger partial charge in [-0.15, -0.1) is 0 Å². The quantitative estimate of drug-likeness (QED) is 0.755. The highest BCUT2D eigenvalue weighted by molar-refractivity contribution is 8.13. The van der Waals surface area contributed by atoms with E-state index in [2.05, 4.69) is 19.9 Å². The lowest BCUT2D eigenvalue weighted by atomic mass is 10.0. The summed E-state index contributed by atoms with van der Waals surface area (Å²) >= 11 is 1.65. The van der Waals surface area contributed by atoms with Crippen LogP contribution in [-0.2, 0) is 0 Å². The monoisotopic (exact) mass is 368 g/mol. The third-order valence-electron chi connectivity index (χ3n) is 4.35. The molecule has 3 rings (SSSR count). The third kappa shape index (κ3) is 4.10. The van der Waals surface area contributed by atoms with Crippen molar-refractivity contribution in [1.82, 2.24) is 4.90 Å². The predicted molar refractivity (Wildman–Crippen MR) is 109 cm³/mol. The Morgan fingerprint density at radius 2 is 1.88 bits per heavy atom. The molecule has 0 N–H and O–H groups in total. The molecule has 136 valence electrons. The van der Waals surface area contributed by atoms with Crippen molar-refractivity contribution in [2.75, 3.05) is 19.4 Å². The van der Waals surface area contributed by atoms with E-state index in [1.807, 2.05) is 30.3 Å². The first-order valence-electron chi connectivity index (χ1n) is 8.86. The van der Waals surface area contributed by atoms with Crippen LogP contribution in [0, 0.1) is 0 Å². The number of rotatable bonds is 4. The van der Waals surface area contributed by atoms with E-state index in [-0.39, 0.29) is 5.91 Å². The SMILES string of the molecule is COc1ccc(C(=O)N2CCCSC2=Nc2ccccc2C(C)C)cc1. The number of amides is 1. The highest BCUT2D eigenvalue weighted by Gasteiger charge is 2.25. The van der Waals surface area contributed by atoms with E-state index in [9.17, 15) is 4.79 Å². The van der Waals surface area contributed by atoms with E-state index in [1.165, 1.54) is 5.56 Å². The molecular weight excluding hydrogens is 344 g/mol. The zero-order valence-corrected chi connectivity index (χ0v) is 16.3. The van der Waals surface area contributed by atoms with Crippen molar-refractivity contribution < 1.29 is 9.53 Å². The molecule has 0 unspecified atom stereocenters. The van der Waals surface area contributed by atoms with Gasteiger partial charge in [0.15, 0.2) is 5.17 Å². The molecule has 1 aliphatic heterocycles. The first-order valence-corrected chi connectivity index (χ1v) is 9.85. The molecule has 0 bridgehead atoms. The summed E-state index contributed by atoms with van der Waals surface area (Å²) in [6.07, 6.45) is 0.970. The van der Waals surface area contributed by atoms with Crippen LogP contribution in [0.5, 0.6) is 5.75 Å². The van der Waals surface area contributed by atoms with E-state index in [0.29, 0.717) is 18.0 Å². The fraction of sp³-hybridized carbons (Fsp3) is 0.333. The average Bonchev–Trinajstić information content (AvgIpc) is 2.68. The third-order valence-corrected chi connectivity index (χ3v) is 5.41. The summed E-state index contributed by atoms with van der Waals surface area (Å²) in [6.45, 7) is 5.02. The molecule has 1 saturated heterocycles. The molecule has 0 radical (unpaired) electrons. The largest absolute Gasteiger partial charge is 0.497 e. The lowest BCUT2D eigenvalue weighted by Crippen LogP contribution is -2.39. The van der Waals surface area contributed by atoms with Gasteiger partial charge in [0.05, 0.1) is 12.8 Å². The molecule has 4 nitrogen and oxygen atoms in total. The molecule has 2 aromatic carbocycles. The Labute approximate surface area is 159 Å². The maximum atomic E-state index is 13.0. The zero-order valence-electron chi connectivity index (χ0n) is 15.4. The van der Waals surface area contributed by atoms with Gasteiger partial charge in [0.1, 0.15) is 5.75 Å². The van der Waals surface area contributed by atoms with Crippen molar-refractivity contribution in [1.29, 1.82) is 0 Å². The van der Waals surface area contributed by atoms with E-state index < -0.39 is 0 Å². The second-order valence-corrected chi connectivity index (χ2v) is 7.56. The van der Waals surface area contributed by atoms with Gasteiger partial charge in [0, 0.05) is 17.9 Å². The fourth-order valence-electron chi connectivity index (χ4n) is 2.91. The number of carbonyl (C=O) groups excluding carboxylic acids is 1. The standard InChI is InChI=1S/C21H24N2O2S/c1-15(2)18-7-4-5-8-19(18)22-21-23(13-6-14-26-21)20(24)16-9-11-17(25-3)12-10-16/h4-5,7-12,15H,6,13-14H2,1-3H3. The van der Waals surface area contributed by atoms with Crippen LogP contribution in [0.15, 0.2) is 53.5 Å². The molecule has 1 heterocycles. The van der Waals surface area contributed by atoms with Crippen LogP contribution in [0.1, 0.15) is 42.1 Å². The van der Waals surface area contributed by atoms with Gasteiger partial charge in [-0.25, -0.2) is 4.99 Å². The van der Waals surface area contributed by atoms with E-state index >= 15 is 0 Å². The van der Waals surface area contributed by atoms with Gasteiger partial charge < -0.3 is 4.74 Å². The minimum atomic E-state index is -0.0133. The maximum absolute atomic E-state index is 13.0. The van der Waals surface area contributed by atoms with Crippen LogP contribution in [0.25, 0.3) is 0 Å². The number of carbonyl (C=O) groups is 1. The average molecular weight is 369 g/mol. The summed E-state index contributed by atoms with van der Waals surface area (Å²) in [5.41, 5.74) is 2.79. The van der Waals surface area contributed by atoms with Gasteiger partial charge in [-0.2, -0.15) is 0 Å². The minimum absolute atomic E-state index is 0.0133. The molecule has 0 aliphatic carbocycles. The molecule has 2 aromatic rings. The number of hydrogen-bond acceptors (Lipinski definition) is 4. The Morgan fingerprint density at radius 3 is 2.58 bits per heavy atom. The summed E-state index contributed by atoms with van der Waals surface area (Å²) in [7, 11) is 1.62. The topological polar surface area (TPSA) is 41.9 Å². The van der Waals surface area contributed by atoms with Gasteiger partial charge >= 0.3 is 0 Å². The van der Waals surface area contributed by atoms with Gasteiger partial charge in [-0.1, -0.05) is 43.8 Å². The number of benzene rings is 2. The van der Waals surface area contributed by atoms with Crippen molar-refractivity contribution in [3.05, 3.63) is 59.7 Å². The van der Waals surface area contributed by atoms with Crippen LogP contribution in [0.2, 0.25) is 0 Å². The van der Waals surface area contributed by atoms with Gasteiger partial charge in [0.2, 0.25) is 0 Å². The number of methoxy groups -OCH3 is 1. The molecule has 0 atom stereocenters. The summed E-state index contributed by atoms with van der Waals surface area (Å²) < 4.78 is 5.18. The molecule has 5 heteroatoms. The summed E-state index contributed by atoms with van der Waals surface area (Å²) in [5.74, 6) is 2.10. The van der Waals surface area contributed by atoms with Gasteiger partial charge in [-0.3, -0.25) is 9.69 Å². The Bertz CT molecular complexity index is 800. The lowest BCUT2D eigenvalue weighted by Gasteiger charge is -2.28. The molecule has 26 heavy (non-hydrogen) atoms. The number of para-hydroxylation sites is 1. The van der Waals surface area contributed by atoms with Gasteiger partial charge in [-0.05, 0) is 48.2 Å². The number of thioether (sulfide) groups is 1. The molecule has 1 fully saturated rings. The van der Waals surface area contributed by atoms with Crippen molar-refractivity contribution >= 4 is 28.5 Å². The van der Waals surface area contributed by atoms with Crippen LogP contribution in [0.3, 0.4) is 0 Å². The molecule has 1 amide bonds. The van der Waals surface area contributed by atoms with Crippen molar-refractivity contribution in [2.24, 2.45) is 4.99 Å². The van der Waals surface area contributed by atoms with E-state index in [1.54, 1.807) is 35.9 Å². The Kier molecular flexibility index (Phi) is 5.99. The molecular formula is C21H24N2O2S. The fourth-order valence-corrected chi connectivity index (χ4v) is 3.86. The first-order chi connectivity index (χ1) is 12.6. The second-order valence-electron chi connectivity index (χ2n) is 6.50. The van der Waals surface area contributed by atoms with Crippen molar-refractivity contribution in [3.63, 3.8) is 0 Å². The number of nitrogens with zero attached hydrogens (tertiary/aromatic N) is 2. The highest BCUT2D eigenvalue weighted by atomic mass is 32.2. The highest BCUT2D eigenvalue weighted by Crippen LogP contribution is 2.30. The summed E-state index contributed by atoms with van der Waals surface area (Å²) in [4.78, 5) is 19.7. The van der Waals surface area contributed by atoms with E-state index in [4.69, 9.17) is 9.73 Å². The van der Waals surface area contributed by atoms with Crippen molar-refractivity contribution in [3.8, 4) is 5.75 Å². The lowest BCUT2D eigenvalue weighted by molar-refractivity contribution is 0.0849. The predicted octanol–water partition coefficient (Wildman–Crippen LogP) is 5.09. The van der Waals surface area contributed by atoms with Crippen LogP contribution < -0.4 is 4.74 Å². The van der Waals surface area contributed by atoms with E-state index in [0.717, 1.165) is 28.8 Å². The summed E-state index contributed by atoms with van der Waals surface area (Å²) in [6, 6.07) is 15.4. The number of hydrogen-bond donors (Lipinski definition) is 0. The second kappa shape index (κ2) is 8.41. The number of amidine groups is 1. The first kappa shape index (κ1) is 18.5. The molecule has 0 aromatic heterocycles. The zero-order chi connectivity index (χ0) is 18.5. The smallest absolute Gasteiger partial charge is 0.259 e. The number of aliphatic imine (C=N–C) groups is 1.